The van der Waals surface area contributed by atoms with Gasteiger partial charge in [0.25, 0.3) is 0 Å². The first-order chi connectivity index (χ1) is 6.74. The van der Waals surface area contributed by atoms with E-state index in [-0.39, 0.29) is 12.6 Å². The predicted octanol–water partition coefficient (Wildman–Crippen LogP) is -0.510. The van der Waals surface area contributed by atoms with E-state index in [9.17, 15) is 4.79 Å². The van der Waals surface area contributed by atoms with E-state index in [1.54, 1.807) is 7.11 Å². The van der Waals surface area contributed by atoms with Crippen molar-refractivity contribution in [3.05, 3.63) is 0 Å². The van der Waals surface area contributed by atoms with Crippen LogP contribution < -0.4 is 0 Å². The fourth-order valence-electron chi connectivity index (χ4n) is 1.05. The molecule has 0 aliphatic rings. The molecule has 0 aromatic rings. The third kappa shape index (κ3) is 6.82. The topological polar surface area (TPSA) is 59.0 Å². The molecule has 0 radical (unpaired) electrons. The molecule has 0 bridgehead atoms. The number of carbonyl (C=O) groups is 1. The minimum Gasteiger partial charge on any atom is -0.469 e. The normalized spacial score (nSPS) is 10.6. The number of methoxy groups -OCH3 is 2. The summed E-state index contributed by atoms with van der Waals surface area (Å²) in [7, 11) is 2.99. The van der Waals surface area contributed by atoms with E-state index in [1.807, 2.05) is 4.90 Å². The van der Waals surface area contributed by atoms with Crippen LogP contribution in [0, 0.1) is 0 Å². The van der Waals surface area contributed by atoms with E-state index < -0.39 is 0 Å². The SMILES string of the molecule is COCCN(CCO)CCC(=O)OC. The summed E-state index contributed by atoms with van der Waals surface area (Å²) in [5.41, 5.74) is 0. The summed E-state index contributed by atoms with van der Waals surface area (Å²) in [5.74, 6) is -0.231. The van der Waals surface area contributed by atoms with Crippen molar-refractivity contribution in [2.24, 2.45) is 0 Å². The van der Waals surface area contributed by atoms with Crippen LogP contribution in [0.3, 0.4) is 0 Å². The van der Waals surface area contributed by atoms with Gasteiger partial charge in [0.1, 0.15) is 0 Å². The molecule has 0 fully saturated rings. The third-order valence-corrected chi connectivity index (χ3v) is 1.89. The highest BCUT2D eigenvalue weighted by Crippen LogP contribution is 1.93. The Morgan fingerprint density at radius 1 is 1.29 bits per heavy atom. The Kier molecular flexibility index (Phi) is 8.51. The molecule has 0 aromatic heterocycles. The standard InChI is InChI=1S/C9H19NO4/c1-13-8-6-10(5-7-11)4-3-9(12)14-2/h11H,3-8H2,1-2H3. The fraction of sp³-hybridized carbons (Fsp3) is 0.889. The van der Waals surface area contributed by atoms with Crippen molar-refractivity contribution in [3.63, 3.8) is 0 Å². The summed E-state index contributed by atoms with van der Waals surface area (Å²) in [6, 6.07) is 0. The summed E-state index contributed by atoms with van der Waals surface area (Å²) in [5, 5.41) is 8.76. The van der Waals surface area contributed by atoms with Crippen molar-refractivity contribution in [1.29, 1.82) is 0 Å². The van der Waals surface area contributed by atoms with Crippen LogP contribution in [0.15, 0.2) is 0 Å². The monoisotopic (exact) mass is 205 g/mol. The number of hydrogen-bond donors (Lipinski definition) is 1. The molecular weight excluding hydrogens is 186 g/mol. The molecule has 84 valence electrons. The Balaban J connectivity index is 3.66. The van der Waals surface area contributed by atoms with Gasteiger partial charge in [0.15, 0.2) is 0 Å². The smallest absolute Gasteiger partial charge is 0.306 e. The van der Waals surface area contributed by atoms with Gasteiger partial charge in [-0.2, -0.15) is 0 Å². The third-order valence-electron chi connectivity index (χ3n) is 1.89. The summed E-state index contributed by atoms with van der Waals surface area (Å²) in [4.78, 5) is 12.8. The quantitative estimate of drug-likeness (QED) is 0.541. The average Bonchev–Trinajstić information content (AvgIpc) is 2.21. The van der Waals surface area contributed by atoms with Crippen molar-refractivity contribution < 1.29 is 19.4 Å². The molecule has 0 heterocycles. The van der Waals surface area contributed by atoms with Crippen molar-refractivity contribution >= 4 is 5.97 Å². The van der Waals surface area contributed by atoms with Gasteiger partial charge in [-0.3, -0.25) is 9.69 Å². The molecule has 14 heavy (non-hydrogen) atoms. The van der Waals surface area contributed by atoms with Crippen molar-refractivity contribution in [2.75, 3.05) is 47.1 Å². The Bertz CT molecular complexity index is 152. The highest BCUT2D eigenvalue weighted by Gasteiger charge is 2.07. The lowest BCUT2D eigenvalue weighted by atomic mass is 10.3. The molecule has 0 saturated carbocycles. The van der Waals surface area contributed by atoms with E-state index in [1.165, 1.54) is 7.11 Å². The Morgan fingerprint density at radius 3 is 2.50 bits per heavy atom. The lowest BCUT2D eigenvalue weighted by Gasteiger charge is -2.19. The number of ether oxygens (including phenoxy) is 2. The minimum atomic E-state index is -0.231. The number of esters is 1. The van der Waals surface area contributed by atoms with E-state index in [4.69, 9.17) is 9.84 Å². The summed E-state index contributed by atoms with van der Waals surface area (Å²) < 4.78 is 9.44. The number of hydrogen-bond acceptors (Lipinski definition) is 5. The second-order valence-electron chi connectivity index (χ2n) is 2.88. The van der Waals surface area contributed by atoms with Gasteiger partial charge < -0.3 is 14.6 Å². The molecule has 5 heteroatoms. The van der Waals surface area contributed by atoms with Crippen LogP contribution in [0.2, 0.25) is 0 Å². The van der Waals surface area contributed by atoms with Crippen LogP contribution in [0.4, 0.5) is 0 Å². The number of aliphatic hydroxyl groups is 1. The summed E-state index contributed by atoms with van der Waals surface area (Å²) in [6.07, 6.45) is 0.347. The first-order valence-electron chi connectivity index (χ1n) is 4.63. The summed E-state index contributed by atoms with van der Waals surface area (Å²) in [6.45, 7) is 2.55. The highest BCUT2D eigenvalue weighted by molar-refractivity contribution is 5.69. The molecule has 0 aliphatic heterocycles. The molecule has 0 unspecified atom stereocenters. The van der Waals surface area contributed by atoms with E-state index in [2.05, 4.69) is 4.74 Å². The van der Waals surface area contributed by atoms with E-state index in [0.29, 0.717) is 32.7 Å². The second kappa shape index (κ2) is 8.93. The zero-order valence-electron chi connectivity index (χ0n) is 8.86. The molecule has 0 atom stereocenters. The van der Waals surface area contributed by atoms with Gasteiger partial charge in [0.2, 0.25) is 0 Å². The zero-order valence-corrected chi connectivity index (χ0v) is 8.86. The van der Waals surface area contributed by atoms with Gasteiger partial charge in [0, 0.05) is 26.7 Å². The molecule has 5 nitrogen and oxygen atoms in total. The zero-order chi connectivity index (χ0) is 10.8. The largest absolute Gasteiger partial charge is 0.469 e. The lowest BCUT2D eigenvalue weighted by molar-refractivity contribution is -0.141. The number of nitrogens with zero attached hydrogens (tertiary/aromatic N) is 1. The van der Waals surface area contributed by atoms with Crippen LogP contribution >= 0.6 is 0 Å². The molecule has 0 saturated heterocycles. The molecular formula is C9H19NO4. The highest BCUT2D eigenvalue weighted by atomic mass is 16.5. The van der Waals surface area contributed by atoms with Gasteiger partial charge in [-0.25, -0.2) is 0 Å². The van der Waals surface area contributed by atoms with Gasteiger partial charge in [-0.05, 0) is 0 Å². The van der Waals surface area contributed by atoms with Crippen molar-refractivity contribution in [1.82, 2.24) is 4.90 Å². The maximum atomic E-state index is 10.9. The Labute approximate surface area is 84.6 Å². The van der Waals surface area contributed by atoms with Crippen LogP contribution in [0.1, 0.15) is 6.42 Å². The van der Waals surface area contributed by atoms with Gasteiger partial charge in [-0.1, -0.05) is 0 Å². The first-order valence-corrected chi connectivity index (χ1v) is 4.63. The Morgan fingerprint density at radius 2 is 2.00 bits per heavy atom. The Hall–Kier alpha value is -0.650. The minimum absolute atomic E-state index is 0.0882. The molecule has 0 rings (SSSR count). The van der Waals surface area contributed by atoms with Crippen LogP contribution in [0.25, 0.3) is 0 Å². The molecule has 0 spiro atoms. The van der Waals surface area contributed by atoms with Gasteiger partial charge in [0.05, 0.1) is 26.7 Å². The van der Waals surface area contributed by atoms with Crippen LogP contribution in [-0.2, 0) is 14.3 Å². The lowest BCUT2D eigenvalue weighted by Crippen LogP contribution is -2.32. The molecule has 0 aliphatic carbocycles. The summed E-state index contributed by atoms with van der Waals surface area (Å²) >= 11 is 0. The maximum Gasteiger partial charge on any atom is 0.306 e. The van der Waals surface area contributed by atoms with Crippen molar-refractivity contribution in [3.8, 4) is 0 Å². The van der Waals surface area contributed by atoms with Gasteiger partial charge >= 0.3 is 5.97 Å². The number of rotatable bonds is 8. The average molecular weight is 205 g/mol. The number of aliphatic hydroxyl groups excluding tert-OH is 1. The van der Waals surface area contributed by atoms with Crippen molar-refractivity contribution in [2.45, 2.75) is 6.42 Å². The van der Waals surface area contributed by atoms with E-state index >= 15 is 0 Å². The van der Waals surface area contributed by atoms with Crippen LogP contribution in [0.5, 0.6) is 0 Å². The predicted molar refractivity (Wildman–Crippen MR) is 52.0 cm³/mol. The first kappa shape index (κ1) is 13.4. The maximum absolute atomic E-state index is 10.9. The van der Waals surface area contributed by atoms with E-state index in [0.717, 1.165) is 0 Å². The van der Waals surface area contributed by atoms with Crippen LogP contribution in [-0.4, -0.2) is 63.0 Å². The molecule has 0 aromatic carbocycles. The molecule has 1 N–H and O–H groups in total. The fourth-order valence-corrected chi connectivity index (χ4v) is 1.05. The number of carbonyl (C=O) groups excluding carboxylic acids is 1. The second-order valence-corrected chi connectivity index (χ2v) is 2.88. The molecule has 0 amide bonds. The van der Waals surface area contributed by atoms with Gasteiger partial charge in [-0.15, -0.1) is 0 Å².